The van der Waals surface area contributed by atoms with Crippen molar-refractivity contribution in [3.8, 4) is 0 Å². The highest BCUT2D eigenvalue weighted by atomic mass is 79.9. The van der Waals surface area contributed by atoms with Crippen LogP contribution >= 0.6 is 54.8 Å². The van der Waals surface area contributed by atoms with Gasteiger partial charge in [0.25, 0.3) is 0 Å². The number of thiophene rings is 1. The summed E-state index contributed by atoms with van der Waals surface area (Å²) in [5.74, 6) is -1.08. The maximum Gasteiger partial charge on any atom is 0.207 e. The van der Waals surface area contributed by atoms with Crippen molar-refractivity contribution in [2.24, 2.45) is 0 Å². The van der Waals surface area contributed by atoms with Gasteiger partial charge in [0.2, 0.25) is 5.78 Å². The highest BCUT2D eigenvalue weighted by Gasteiger charge is 2.20. The predicted molar refractivity (Wildman–Crippen MR) is 74.6 cm³/mol. The molecule has 1 heterocycles. The molecule has 0 aliphatic carbocycles. The molecule has 0 amide bonds. The molecule has 0 radical (unpaired) electrons. The monoisotopic (exact) mass is 396 g/mol. The van der Waals surface area contributed by atoms with Crippen molar-refractivity contribution in [1.82, 2.24) is 0 Å². The second-order valence-corrected chi connectivity index (χ2v) is 6.15. The summed E-state index contributed by atoms with van der Waals surface area (Å²) in [4.78, 5) is 12.5. The highest BCUT2D eigenvalue weighted by Crippen LogP contribution is 2.31. The number of halogens is 4. The molecule has 2 aromatic rings. The molecule has 1 aromatic carbocycles. The third-order valence-corrected chi connectivity index (χ3v) is 5.20. The summed E-state index contributed by atoms with van der Waals surface area (Å²) in [5.41, 5.74) is -0.0265. The number of benzene rings is 1. The normalized spacial score (nSPS) is 10.6. The van der Waals surface area contributed by atoms with Crippen LogP contribution in [0.15, 0.2) is 32.5 Å². The van der Waals surface area contributed by atoms with Gasteiger partial charge in [-0.1, -0.05) is 11.6 Å². The fourth-order valence-electron chi connectivity index (χ4n) is 1.28. The van der Waals surface area contributed by atoms with E-state index in [1.807, 2.05) is 0 Å². The Labute approximate surface area is 123 Å². The topological polar surface area (TPSA) is 17.1 Å². The molecule has 0 aliphatic heterocycles. The van der Waals surface area contributed by atoms with Gasteiger partial charge in [0.1, 0.15) is 0 Å². The Morgan fingerprint density at radius 2 is 1.94 bits per heavy atom. The molecule has 1 nitrogen and oxygen atoms in total. The minimum Gasteiger partial charge on any atom is -0.288 e. The van der Waals surface area contributed by atoms with Crippen LogP contribution in [0, 0.1) is 5.82 Å². The molecule has 1 aromatic heterocycles. The molecule has 0 N–H and O–H groups in total. The Morgan fingerprint density at radius 3 is 2.53 bits per heavy atom. The van der Waals surface area contributed by atoms with E-state index < -0.39 is 5.82 Å². The van der Waals surface area contributed by atoms with Crippen LogP contribution in [0.2, 0.25) is 5.02 Å². The number of hydrogen-bond acceptors (Lipinski definition) is 2. The van der Waals surface area contributed by atoms with Gasteiger partial charge in [-0.05, 0) is 55.4 Å². The lowest BCUT2D eigenvalue weighted by Crippen LogP contribution is -2.03. The maximum atomic E-state index is 13.8. The fourth-order valence-corrected chi connectivity index (χ4v) is 3.26. The van der Waals surface area contributed by atoms with Crippen LogP contribution < -0.4 is 0 Å². The van der Waals surface area contributed by atoms with Crippen LogP contribution in [0.5, 0.6) is 0 Å². The van der Waals surface area contributed by atoms with E-state index in [9.17, 15) is 9.18 Å². The Bertz CT molecular complexity index is 597. The van der Waals surface area contributed by atoms with Gasteiger partial charge in [-0.2, -0.15) is 0 Å². The molecule has 0 spiro atoms. The zero-order chi connectivity index (χ0) is 12.6. The van der Waals surface area contributed by atoms with Crippen LogP contribution in [-0.2, 0) is 0 Å². The molecule has 0 saturated carbocycles. The number of ketones is 1. The predicted octanol–water partition coefficient (Wildman–Crippen LogP) is 5.30. The highest BCUT2D eigenvalue weighted by molar-refractivity contribution is 9.10. The van der Waals surface area contributed by atoms with E-state index in [0.29, 0.717) is 13.8 Å². The van der Waals surface area contributed by atoms with Crippen molar-refractivity contribution in [3.05, 3.63) is 53.8 Å². The summed E-state index contributed by atoms with van der Waals surface area (Å²) in [6.45, 7) is 0. The minimum absolute atomic E-state index is 0.0265. The summed E-state index contributed by atoms with van der Waals surface area (Å²) in [6.07, 6.45) is 0. The Kier molecular flexibility index (Phi) is 4.02. The molecule has 6 heteroatoms. The van der Waals surface area contributed by atoms with Crippen LogP contribution in [0.4, 0.5) is 4.39 Å². The minimum atomic E-state index is -0.702. The van der Waals surface area contributed by atoms with Gasteiger partial charge in [0, 0.05) is 8.95 Å². The second kappa shape index (κ2) is 5.18. The Morgan fingerprint density at radius 1 is 1.24 bits per heavy atom. The SMILES string of the molecule is O=C(c1ccc(Br)c(Cl)c1F)c1sccc1Br. The molecule has 0 saturated heterocycles. The van der Waals surface area contributed by atoms with Gasteiger partial charge >= 0.3 is 0 Å². The summed E-state index contributed by atoms with van der Waals surface area (Å²) < 4.78 is 14.9. The van der Waals surface area contributed by atoms with Crippen molar-refractivity contribution in [2.45, 2.75) is 0 Å². The first-order valence-corrected chi connectivity index (χ1v) is 7.28. The lowest BCUT2D eigenvalue weighted by molar-refractivity contribution is 0.103. The standard InChI is InChI=1S/C11H4Br2ClFOS/c12-6-2-1-5(9(15)8(6)14)10(16)11-7(13)3-4-17-11/h1-4H. The van der Waals surface area contributed by atoms with E-state index >= 15 is 0 Å². The molecule has 0 fully saturated rings. The summed E-state index contributed by atoms with van der Waals surface area (Å²) in [5, 5.41) is 1.68. The third-order valence-electron chi connectivity index (χ3n) is 2.10. The van der Waals surface area contributed by atoms with Crippen molar-refractivity contribution >= 4 is 60.6 Å². The first-order chi connectivity index (χ1) is 8.02. The van der Waals surface area contributed by atoms with E-state index in [1.165, 1.54) is 17.4 Å². The quantitative estimate of drug-likeness (QED) is 0.496. The molecule has 0 bridgehead atoms. The molecule has 2 rings (SSSR count). The molecule has 0 unspecified atom stereocenters. The van der Waals surface area contributed by atoms with Crippen molar-refractivity contribution in [3.63, 3.8) is 0 Å². The molecular formula is C11H4Br2ClFOS. The maximum absolute atomic E-state index is 13.8. The number of hydrogen-bond donors (Lipinski definition) is 0. The molecule has 17 heavy (non-hydrogen) atoms. The zero-order valence-electron chi connectivity index (χ0n) is 8.14. The van der Waals surface area contributed by atoms with Gasteiger partial charge in [-0.25, -0.2) is 4.39 Å². The van der Waals surface area contributed by atoms with Crippen LogP contribution in [0.25, 0.3) is 0 Å². The van der Waals surface area contributed by atoms with Crippen molar-refractivity contribution in [1.29, 1.82) is 0 Å². The number of rotatable bonds is 2. The zero-order valence-corrected chi connectivity index (χ0v) is 12.9. The van der Waals surface area contributed by atoms with E-state index in [0.717, 1.165) is 0 Å². The fraction of sp³-hybridized carbons (Fsp3) is 0. The van der Waals surface area contributed by atoms with Gasteiger partial charge in [-0.15, -0.1) is 11.3 Å². The van der Waals surface area contributed by atoms with Gasteiger partial charge < -0.3 is 0 Å². The largest absolute Gasteiger partial charge is 0.288 e. The van der Waals surface area contributed by atoms with Crippen molar-refractivity contribution in [2.75, 3.05) is 0 Å². The van der Waals surface area contributed by atoms with Crippen molar-refractivity contribution < 1.29 is 9.18 Å². The summed E-state index contributed by atoms with van der Waals surface area (Å²) >= 11 is 13.3. The van der Waals surface area contributed by atoms with Crippen LogP contribution in [-0.4, -0.2) is 5.78 Å². The first kappa shape index (κ1) is 13.2. The van der Waals surface area contributed by atoms with Gasteiger partial charge in [0.15, 0.2) is 5.82 Å². The van der Waals surface area contributed by atoms with E-state index in [1.54, 1.807) is 17.5 Å². The van der Waals surface area contributed by atoms with Gasteiger partial charge in [0.05, 0.1) is 15.5 Å². The van der Waals surface area contributed by atoms with Crippen LogP contribution in [0.1, 0.15) is 15.2 Å². The Hall–Kier alpha value is -0.230. The molecule has 88 valence electrons. The third kappa shape index (κ3) is 2.47. The molecule has 0 atom stereocenters. The lowest BCUT2D eigenvalue weighted by Gasteiger charge is -2.04. The van der Waals surface area contributed by atoms with E-state index in [-0.39, 0.29) is 16.4 Å². The lowest BCUT2D eigenvalue weighted by atomic mass is 10.1. The summed E-state index contributed by atoms with van der Waals surface area (Å²) in [6, 6.07) is 4.72. The van der Waals surface area contributed by atoms with Crippen LogP contribution in [0.3, 0.4) is 0 Å². The number of carbonyl (C=O) groups is 1. The average molecular weight is 398 g/mol. The second-order valence-electron chi connectivity index (χ2n) is 3.15. The van der Waals surface area contributed by atoms with E-state index in [2.05, 4.69) is 31.9 Å². The van der Waals surface area contributed by atoms with Gasteiger partial charge in [-0.3, -0.25) is 4.79 Å². The smallest absolute Gasteiger partial charge is 0.207 e. The molecular weight excluding hydrogens is 394 g/mol. The number of carbonyl (C=O) groups excluding carboxylic acids is 1. The molecule has 0 aliphatic rings. The first-order valence-electron chi connectivity index (χ1n) is 4.43. The average Bonchev–Trinajstić information content (AvgIpc) is 2.72. The van der Waals surface area contributed by atoms with E-state index in [4.69, 9.17) is 11.6 Å². The summed E-state index contributed by atoms with van der Waals surface area (Å²) in [7, 11) is 0. The Balaban J connectivity index is 2.53.